The van der Waals surface area contributed by atoms with E-state index in [4.69, 9.17) is 0 Å². The Balaban J connectivity index is 1.47. The molecule has 0 aromatic rings. The summed E-state index contributed by atoms with van der Waals surface area (Å²) in [5.74, 6) is 1.09. The molecule has 1 nitrogen and oxygen atoms in total. The molecule has 1 aliphatic carbocycles. The summed E-state index contributed by atoms with van der Waals surface area (Å²) in [4.78, 5) is 2.68. The highest BCUT2D eigenvalue weighted by molar-refractivity contribution is 4.67. The van der Waals surface area contributed by atoms with Crippen LogP contribution in [0.25, 0.3) is 0 Å². The molecule has 1 saturated heterocycles. The first-order chi connectivity index (χ1) is 7.95. The normalized spacial score (nSPS) is 24.8. The molecule has 16 heavy (non-hydrogen) atoms. The molecule has 1 aliphatic heterocycles. The van der Waals surface area contributed by atoms with E-state index in [9.17, 15) is 0 Å². The van der Waals surface area contributed by atoms with Gasteiger partial charge in [0, 0.05) is 0 Å². The molecular formula is C15H29N. The van der Waals surface area contributed by atoms with Gasteiger partial charge in [0.05, 0.1) is 0 Å². The zero-order valence-electron chi connectivity index (χ0n) is 10.9. The van der Waals surface area contributed by atoms with Gasteiger partial charge in [0.2, 0.25) is 0 Å². The Kier molecular flexibility index (Phi) is 5.68. The molecule has 0 unspecified atom stereocenters. The smallest absolute Gasteiger partial charge is 0.00187 e. The van der Waals surface area contributed by atoms with Crippen LogP contribution < -0.4 is 0 Å². The maximum absolute atomic E-state index is 2.68. The lowest BCUT2D eigenvalue weighted by Crippen LogP contribution is -2.30. The summed E-state index contributed by atoms with van der Waals surface area (Å²) < 4.78 is 0. The minimum absolute atomic E-state index is 1.09. The van der Waals surface area contributed by atoms with Gasteiger partial charge in [-0.05, 0) is 44.8 Å². The van der Waals surface area contributed by atoms with Gasteiger partial charge < -0.3 is 4.90 Å². The van der Waals surface area contributed by atoms with E-state index >= 15 is 0 Å². The van der Waals surface area contributed by atoms with Crippen LogP contribution in [0.3, 0.4) is 0 Å². The first-order valence-electron chi connectivity index (χ1n) is 7.67. The molecule has 0 bridgehead atoms. The van der Waals surface area contributed by atoms with Gasteiger partial charge in [0.15, 0.2) is 0 Å². The highest BCUT2D eigenvalue weighted by Crippen LogP contribution is 2.27. The quantitative estimate of drug-likeness (QED) is 0.631. The molecular weight excluding hydrogens is 194 g/mol. The van der Waals surface area contributed by atoms with Crippen LogP contribution in [0.4, 0.5) is 0 Å². The van der Waals surface area contributed by atoms with Crippen LogP contribution in [-0.2, 0) is 0 Å². The average Bonchev–Trinajstić information content (AvgIpc) is 2.37. The van der Waals surface area contributed by atoms with Gasteiger partial charge in [-0.2, -0.15) is 0 Å². The van der Waals surface area contributed by atoms with Crippen LogP contribution in [0.15, 0.2) is 0 Å². The molecule has 0 aromatic heterocycles. The first-order valence-corrected chi connectivity index (χ1v) is 7.67. The monoisotopic (exact) mass is 223 g/mol. The van der Waals surface area contributed by atoms with Crippen molar-refractivity contribution in [3.05, 3.63) is 0 Å². The summed E-state index contributed by atoms with van der Waals surface area (Å²) in [5, 5.41) is 0. The van der Waals surface area contributed by atoms with Crippen LogP contribution in [0.1, 0.15) is 70.6 Å². The van der Waals surface area contributed by atoms with Crippen molar-refractivity contribution < 1.29 is 0 Å². The second-order valence-corrected chi connectivity index (χ2v) is 5.90. The van der Waals surface area contributed by atoms with Gasteiger partial charge >= 0.3 is 0 Å². The average molecular weight is 223 g/mol. The van der Waals surface area contributed by atoms with E-state index in [2.05, 4.69) is 4.90 Å². The number of nitrogens with zero attached hydrogens (tertiary/aromatic N) is 1. The molecule has 1 heteroatoms. The second-order valence-electron chi connectivity index (χ2n) is 5.90. The third-order valence-corrected chi connectivity index (χ3v) is 4.51. The molecule has 0 amide bonds. The highest BCUT2D eigenvalue weighted by Gasteiger charge is 2.13. The van der Waals surface area contributed by atoms with Crippen LogP contribution in [-0.4, -0.2) is 24.5 Å². The zero-order chi connectivity index (χ0) is 11.1. The van der Waals surface area contributed by atoms with Crippen molar-refractivity contribution in [3.63, 3.8) is 0 Å². The van der Waals surface area contributed by atoms with E-state index < -0.39 is 0 Å². The lowest BCUT2D eigenvalue weighted by atomic mass is 9.86. The van der Waals surface area contributed by atoms with E-state index in [-0.39, 0.29) is 0 Å². The fourth-order valence-electron chi connectivity index (χ4n) is 3.43. The van der Waals surface area contributed by atoms with Crippen LogP contribution in [0, 0.1) is 5.92 Å². The Hall–Kier alpha value is -0.0400. The Bertz CT molecular complexity index is 146. The molecule has 2 fully saturated rings. The minimum atomic E-state index is 1.09. The standard InChI is InChI=1S/C15H29N/c1-3-9-15(10-4-1)11-5-8-14-16-12-6-2-7-13-16/h15H,1-14H2. The lowest BCUT2D eigenvalue weighted by molar-refractivity contribution is 0.220. The van der Waals surface area contributed by atoms with E-state index in [0.717, 1.165) is 5.92 Å². The van der Waals surface area contributed by atoms with Gasteiger partial charge in [-0.3, -0.25) is 0 Å². The van der Waals surface area contributed by atoms with Crippen molar-refractivity contribution in [2.24, 2.45) is 5.92 Å². The van der Waals surface area contributed by atoms with Crippen molar-refractivity contribution in [1.29, 1.82) is 0 Å². The van der Waals surface area contributed by atoms with Crippen LogP contribution in [0.5, 0.6) is 0 Å². The van der Waals surface area contributed by atoms with E-state index in [1.807, 2.05) is 0 Å². The molecule has 0 atom stereocenters. The molecule has 0 spiro atoms. The topological polar surface area (TPSA) is 3.24 Å². The molecule has 2 aliphatic rings. The van der Waals surface area contributed by atoms with E-state index in [1.165, 1.54) is 90.3 Å². The SMILES string of the molecule is C1CCC(CCCCN2CCCCC2)CC1. The highest BCUT2D eigenvalue weighted by atomic mass is 15.1. The third-order valence-electron chi connectivity index (χ3n) is 4.51. The van der Waals surface area contributed by atoms with Crippen molar-refractivity contribution in [1.82, 2.24) is 4.90 Å². The molecule has 2 rings (SSSR count). The Labute approximate surface area is 102 Å². The van der Waals surface area contributed by atoms with Crippen LogP contribution >= 0.6 is 0 Å². The number of likely N-dealkylation sites (tertiary alicyclic amines) is 1. The molecule has 0 aromatic carbocycles. The molecule has 94 valence electrons. The van der Waals surface area contributed by atoms with Crippen molar-refractivity contribution in [2.75, 3.05) is 19.6 Å². The summed E-state index contributed by atoms with van der Waals surface area (Å²) in [6.07, 6.45) is 16.4. The van der Waals surface area contributed by atoms with Gasteiger partial charge in [-0.25, -0.2) is 0 Å². The van der Waals surface area contributed by atoms with Crippen LogP contribution in [0.2, 0.25) is 0 Å². The van der Waals surface area contributed by atoms with Gasteiger partial charge in [-0.15, -0.1) is 0 Å². The largest absolute Gasteiger partial charge is 0.303 e. The van der Waals surface area contributed by atoms with E-state index in [0.29, 0.717) is 0 Å². The number of hydrogen-bond acceptors (Lipinski definition) is 1. The number of rotatable bonds is 5. The Morgan fingerprint density at radius 3 is 2.19 bits per heavy atom. The van der Waals surface area contributed by atoms with Gasteiger partial charge in [0.25, 0.3) is 0 Å². The van der Waals surface area contributed by atoms with Crippen molar-refractivity contribution in [3.8, 4) is 0 Å². The second kappa shape index (κ2) is 7.32. The lowest BCUT2D eigenvalue weighted by Gasteiger charge is -2.27. The number of hydrogen-bond donors (Lipinski definition) is 0. The predicted octanol–water partition coefficient (Wildman–Crippen LogP) is 4.22. The molecule has 1 saturated carbocycles. The molecule has 0 radical (unpaired) electrons. The summed E-state index contributed by atoms with van der Waals surface area (Å²) in [6, 6.07) is 0. The Morgan fingerprint density at radius 2 is 1.44 bits per heavy atom. The fraction of sp³-hybridized carbons (Fsp3) is 1.00. The zero-order valence-corrected chi connectivity index (χ0v) is 10.9. The third kappa shape index (κ3) is 4.45. The first kappa shape index (κ1) is 12.4. The maximum Gasteiger partial charge on any atom is -0.00187 e. The van der Waals surface area contributed by atoms with Gasteiger partial charge in [0.1, 0.15) is 0 Å². The summed E-state index contributed by atoms with van der Waals surface area (Å²) >= 11 is 0. The fourth-order valence-corrected chi connectivity index (χ4v) is 3.43. The predicted molar refractivity (Wildman–Crippen MR) is 70.7 cm³/mol. The number of unbranched alkanes of at least 4 members (excludes halogenated alkanes) is 1. The number of piperidine rings is 1. The molecule has 0 N–H and O–H groups in total. The van der Waals surface area contributed by atoms with Crippen molar-refractivity contribution >= 4 is 0 Å². The minimum Gasteiger partial charge on any atom is -0.303 e. The van der Waals surface area contributed by atoms with Crippen molar-refractivity contribution in [2.45, 2.75) is 70.6 Å². The maximum atomic E-state index is 2.68. The Morgan fingerprint density at radius 1 is 0.750 bits per heavy atom. The summed E-state index contributed by atoms with van der Waals surface area (Å²) in [6.45, 7) is 4.14. The van der Waals surface area contributed by atoms with Gasteiger partial charge in [-0.1, -0.05) is 51.4 Å². The molecule has 1 heterocycles. The summed E-state index contributed by atoms with van der Waals surface area (Å²) in [5.41, 5.74) is 0. The van der Waals surface area contributed by atoms with E-state index in [1.54, 1.807) is 0 Å². The summed E-state index contributed by atoms with van der Waals surface area (Å²) in [7, 11) is 0.